The molecule has 0 radical (unpaired) electrons. The van der Waals surface area contributed by atoms with Gasteiger partial charge in [-0.15, -0.1) is 23.5 Å². The van der Waals surface area contributed by atoms with Gasteiger partial charge in [0.15, 0.2) is 11.6 Å². The summed E-state index contributed by atoms with van der Waals surface area (Å²) in [4.78, 5) is 24.5. The number of methoxy groups -OCH3 is 1. The molecule has 0 saturated carbocycles. The minimum Gasteiger partial charge on any atom is -0.497 e. The average Bonchev–Trinajstić information content (AvgIpc) is 2.98. The first kappa shape index (κ1) is 11.9. The van der Waals surface area contributed by atoms with Crippen molar-refractivity contribution in [2.24, 2.45) is 0 Å². The van der Waals surface area contributed by atoms with Crippen LogP contribution in [0.4, 0.5) is 0 Å². The highest BCUT2D eigenvalue weighted by atomic mass is 32.2. The molecule has 2 aliphatic rings. The molecule has 0 unspecified atom stereocenters. The van der Waals surface area contributed by atoms with E-state index in [1.807, 2.05) is 0 Å². The van der Waals surface area contributed by atoms with Crippen molar-refractivity contribution in [1.82, 2.24) is 0 Å². The van der Waals surface area contributed by atoms with Gasteiger partial charge in [0.2, 0.25) is 0 Å². The molecule has 1 aliphatic heterocycles. The standard InChI is InChI=1S/C13H10O3S2/c1-16-7-2-3-8-9(6-7)12(15)10(11(8)14)13-17-4-5-18-13/h2-3,6H,4-5H2,1H3. The summed E-state index contributed by atoms with van der Waals surface area (Å²) in [6.07, 6.45) is 0. The highest BCUT2D eigenvalue weighted by molar-refractivity contribution is 8.25. The van der Waals surface area contributed by atoms with Crippen LogP contribution in [0.25, 0.3) is 0 Å². The van der Waals surface area contributed by atoms with Crippen molar-refractivity contribution in [3.05, 3.63) is 39.1 Å². The summed E-state index contributed by atoms with van der Waals surface area (Å²) in [6.45, 7) is 0. The third-order valence-electron chi connectivity index (χ3n) is 2.92. The number of ether oxygens (including phenoxy) is 1. The quantitative estimate of drug-likeness (QED) is 0.584. The molecule has 1 aliphatic carbocycles. The number of thioether (sulfide) groups is 2. The Labute approximate surface area is 113 Å². The van der Waals surface area contributed by atoms with E-state index in [-0.39, 0.29) is 11.6 Å². The highest BCUT2D eigenvalue weighted by Crippen LogP contribution is 2.43. The van der Waals surface area contributed by atoms with Gasteiger partial charge in [-0.3, -0.25) is 9.59 Å². The summed E-state index contributed by atoms with van der Waals surface area (Å²) in [5, 5.41) is 0. The highest BCUT2D eigenvalue weighted by Gasteiger charge is 2.37. The van der Waals surface area contributed by atoms with Crippen LogP contribution in [-0.4, -0.2) is 30.2 Å². The van der Waals surface area contributed by atoms with Gasteiger partial charge in [-0.1, -0.05) is 0 Å². The summed E-state index contributed by atoms with van der Waals surface area (Å²) in [5.41, 5.74) is 1.32. The number of carbonyl (C=O) groups excluding carboxylic acids is 2. The fourth-order valence-electron chi connectivity index (χ4n) is 2.05. The molecule has 0 bridgehead atoms. The Hall–Kier alpha value is -1.20. The van der Waals surface area contributed by atoms with Crippen LogP contribution >= 0.6 is 23.5 Å². The summed E-state index contributed by atoms with van der Waals surface area (Å²) >= 11 is 3.19. The molecule has 0 N–H and O–H groups in total. The van der Waals surface area contributed by atoms with E-state index in [0.717, 1.165) is 15.7 Å². The molecule has 3 rings (SSSR count). The minimum atomic E-state index is -0.161. The predicted octanol–water partition coefficient (Wildman–Crippen LogP) is 2.77. The SMILES string of the molecule is COc1ccc2c(c1)C(=O)C(=C1SCCS1)C2=O. The molecule has 0 amide bonds. The number of benzene rings is 1. The van der Waals surface area contributed by atoms with E-state index in [1.165, 1.54) is 0 Å². The first-order valence-corrected chi connectivity index (χ1v) is 7.47. The molecule has 5 heteroatoms. The van der Waals surface area contributed by atoms with E-state index < -0.39 is 0 Å². The third-order valence-corrected chi connectivity index (χ3v) is 5.64. The molecular weight excluding hydrogens is 268 g/mol. The molecule has 0 atom stereocenters. The first-order valence-electron chi connectivity index (χ1n) is 5.49. The maximum atomic E-state index is 12.3. The Kier molecular flexibility index (Phi) is 2.95. The molecule has 1 heterocycles. The minimum absolute atomic E-state index is 0.144. The zero-order valence-corrected chi connectivity index (χ0v) is 11.3. The van der Waals surface area contributed by atoms with Crippen LogP contribution in [0.2, 0.25) is 0 Å². The van der Waals surface area contributed by atoms with Crippen LogP contribution in [-0.2, 0) is 0 Å². The summed E-state index contributed by atoms with van der Waals surface area (Å²) in [5.74, 6) is 2.22. The van der Waals surface area contributed by atoms with Crippen LogP contribution in [0.5, 0.6) is 5.75 Å². The maximum absolute atomic E-state index is 12.3. The van der Waals surface area contributed by atoms with E-state index in [2.05, 4.69) is 0 Å². The van der Waals surface area contributed by atoms with E-state index in [9.17, 15) is 9.59 Å². The lowest BCUT2D eigenvalue weighted by Gasteiger charge is -2.00. The van der Waals surface area contributed by atoms with Gasteiger partial charge in [0.1, 0.15) is 5.75 Å². The van der Waals surface area contributed by atoms with Crippen LogP contribution in [0, 0.1) is 0 Å². The molecule has 0 spiro atoms. The fraction of sp³-hybridized carbons (Fsp3) is 0.231. The van der Waals surface area contributed by atoms with Gasteiger partial charge in [0.05, 0.1) is 16.9 Å². The number of ketones is 2. The van der Waals surface area contributed by atoms with Crippen molar-refractivity contribution in [3.63, 3.8) is 0 Å². The Morgan fingerprint density at radius 3 is 2.39 bits per heavy atom. The lowest BCUT2D eigenvalue weighted by Crippen LogP contribution is -2.01. The largest absolute Gasteiger partial charge is 0.497 e. The monoisotopic (exact) mass is 278 g/mol. The molecular formula is C13H10O3S2. The van der Waals surface area contributed by atoms with E-state index in [1.54, 1.807) is 48.8 Å². The molecule has 3 nitrogen and oxygen atoms in total. The van der Waals surface area contributed by atoms with Crippen LogP contribution in [0.15, 0.2) is 28.0 Å². The molecule has 1 aromatic carbocycles. The second-order valence-electron chi connectivity index (χ2n) is 3.93. The second kappa shape index (κ2) is 4.48. The average molecular weight is 278 g/mol. The normalized spacial score (nSPS) is 18.5. The van der Waals surface area contributed by atoms with Crippen LogP contribution in [0.3, 0.4) is 0 Å². The van der Waals surface area contributed by atoms with Crippen molar-refractivity contribution in [2.75, 3.05) is 18.6 Å². The topological polar surface area (TPSA) is 43.4 Å². The smallest absolute Gasteiger partial charge is 0.199 e. The number of allylic oxidation sites excluding steroid dienone is 1. The number of Topliss-reactive ketones (excluding diaryl/α,β-unsaturated/α-hetero) is 2. The zero-order valence-electron chi connectivity index (χ0n) is 9.69. The fourth-order valence-corrected chi connectivity index (χ4v) is 4.58. The van der Waals surface area contributed by atoms with Gasteiger partial charge in [0, 0.05) is 22.6 Å². The maximum Gasteiger partial charge on any atom is 0.199 e. The number of fused-ring (bicyclic) bond motifs is 1. The molecule has 0 aromatic heterocycles. The predicted molar refractivity (Wildman–Crippen MR) is 73.6 cm³/mol. The third kappa shape index (κ3) is 1.69. The van der Waals surface area contributed by atoms with Crippen molar-refractivity contribution in [2.45, 2.75) is 0 Å². The first-order chi connectivity index (χ1) is 8.72. The van der Waals surface area contributed by atoms with E-state index in [0.29, 0.717) is 22.4 Å². The Balaban J connectivity index is 2.13. The number of hydrogen-bond donors (Lipinski definition) is 0. The van der Waals surface area contributed by atoms with Gasteiger partial charge in [0.25, 0.3) is 0 Å². The van der Waals surface area contributed by atoms with Crippen LogP contribution < -0.4 is 4.74 Å². The van der Waals surface area contributed by atoms with Crippen molar-refractivity contribution >= 4 is 35.1 Å². The van der Waals surface area contributed by atoms with Gasteiger partial charge in [-0.25, -0.2) is 0 Å². The summed E-state index contributed by atoms with van der Waals surface area (Å²) in [6, 6.07) is 5.03. The van der Waals surface area contributed by atoms with Gasteiger partial charge in [-0.2, -0.15) is 0 Å². The van der Waals surface area contributed by atoms with Gasteiger partial charge >= 0.3 is 0 Å². The number of rotatable bonds is 1. The van der Waals surface area contributed by atoms with E-state index in [4.69, 9.17) is 4.74 Å². The Morgan fingerprint density at radius 2 is 1.72 bits per heavy atom. The molecule has 1 saturated heterocycles. The van der Waals surface area contributed by atoms with Crippen molar-refractivity contribution in [3.8, 4) is 5.75 Å². The van der Waals surface area contributed by atoms with Gasteiger partial charge < -0.3 is 4.74 Å². The lowest BCUT2D eigenvalue weighted by atomic mass is 10.1. The van der Waals surface area contributed by atoms with Gasteiger partial charge in [-0.05, 0) is 18.2 Å². The van der Waals surface area contributed by atoms with Crippen molar-refractivity contribution < 1.29 is 14.3 Å². The van der Waals surface area contributed by atoms with E-state index >= 15 is 0 Å². The molecule has 18 heavy (non-hydrogen) atoms. The number of hydrogen-bond acceptors (Lipinski definition) is 5. The number of carbonyl (C=O) groups is 2. The zero-order chi connectivity index (χ0) is 12.7. The molecule has 1 fully saturated rings. The molecule has 1 aromatic rings. The Bertz CT molecular complexity index is 582. The lowest BCUT2D eigenvalue weighted by molar-refractivity contribution is 0.0989. The summed E-state index contributed by atoms with van der Waals surface area (Å²) < 4.78 is 5.97. The Morgan fingerprint density at radius 1 is 1.06 bits per heavy atom. The summed E-state index contributed by atoms with van der Waals surface area (Å²) in [7, 11) is 1.55. The van der Waals surface area contributed by atoms with Crippen LogP contribution in [0.1, 0.15) is 20.7 Å². The van der Waals surface area contributed by atoms with Crippen molar-refractivity contribution in [1.29, 1.82) is 0 Å². The second-order valence-corrected chi connectivity index (χ2v) is 6.40. The molecule has 92 valence electrons.